The van der Waals surface area contributed by atoms with Gasteiger partial charge in [0.2, 0.25) is 0 Å². The van der Waals surface area contributed by atoms with Gasteiger partial charge >= 0.3 is 5.97 Å². The normalized spacial score (nSPS) is 10.9. The van der Waals surface area contributed by atoms with E-state index in [1.54, 1.807) is 6.20 Å². The van der Waals surface area contributed by atoms with E-state index in [-0.39, 0.29) is 6.42 Å². The van der Waals surface area contributed by atoms with Gasteiger partial charge in [-0.2, -0.15) is 0 Å². The van der Waals surface area contributed by atoms with Crippen LogP contribution in [0.25, 0.3) is 0 Å². The Morgan fingerprint density at radius 1 is 1.64 bits per heavy atom. The van der Waals surface area contributed by atoms with E-state index in [2.05, 4.69) is 18.8 Å². The molecule has 0 atom stereocenters. The number of hydrogen-bond donors (Lipinski definition) is 1. The average molecular weight is 196 g/mol. The molecule has 0 saturated carbocycles. The fraction of sp³-hybridized carbons (Fsp3) is 0.600. The lowest BCUT2D eigenvalue weighted by Crippen LogP contribution is -2.10. The van der Waals surface area contributed by atoms with E-state index in [0.29, 0.717) is 5.92 Å². The van der Waals surface area contributed by atoms with Crippen molar-refractivity contribution >= 4 is 5.97 Å². The monoisotopic (exact) mass is 196 g/mol. The quantitative estimate of drug-likeness (QED) is 0.796. The zero-order chi connectivity index (χ0) is 10.7. The molecule has 0 bridgehead atoms. The van der Waals surface area contributed by atoms with Crippen LogP contribution in [0.15, 0.2) is 6.20 Å². The maximum atomic E-state index is 10.6. The van der Waals surface area contributed by atoms with E-state index in [1.807, 2.05) is 11.5 Å². The highest BCUT2D eigenvalue weighted by molar-refractivity contribution is 5.69. The molecule has 0 fully saturated rings. The minimum absolute atomic E-state index is 0.0492. The molecule has 1 N–H and O–H groups in total. The molecule has 0 aromatic carbocycles. The lowest BCUT2D eigenvalue weighted by molar-refractivity contribution is -0.136. The summed E-state index contributed by atoms with van der Waals surface area (Å²) in [4.78, 5) is 14.8. The Labute approximate surface area is 83.6 Å². The van der Waals surface area contributed by atoms with Crippen LogP contribution < -0.4 is 0 Å². The largest absolute Gasteiger partial charge is 0.481 e. The molecular formula is C10H16N2O2. The number of imidazole rings is 1. The molecule has 1 aromatic rings. The molecule has 0 amide bonds. The molecule has 0 aliphatic heterocycles. The summed E-state index contributed by atoms with van der Waals surface area (Å²) in [5.41, 5.74) is 0.781. The van der Waals surface area contributed by atoms with Crippen molar-refractivity contribution in [1.29, 1.82) is 0 Å². The minimum Gasteiger partial charge on any atom is -0.481 e. The molecule has 0 aliphatic rings. The first-order valence-electron chi connectivity index (χ1n) is 4.82. The predicted molar refractivity (Wildman–Crippen MR) is 53.3 cm³/mol. The van der Waals surface area contributed by atoms with Crippen molar-refractivity contribution < 1.29 is 9.90 Å². The molecule has 14 heavy (non-hydrogen) atoms. The molecular weight excluding hydrogens is 180 g/mol. The van der Waals surface area contributed by atoms with Crippen LogP contribution in [0, 0.1) is 0 Å². The smallest absolute Gasteiger partial charge is 0.309 e. The van der Waals surface area contributed by atoms with Crippen LogP contribution in [-0.2, 0) is 17.8 Å². The Hall–Kier alpha value is -1.32. The van der Waals surface area contributed by atoms with Gasteiger partial charge in [0, 0.05) is 24.4 Å². The minimum atomic E-state index is -0.810. The summed E-state index contributed by atoms with van der Waals surface area (Å²) in [6, 6.07) is 0. The molecule has 4 heteroatoms. The van der Waals surface area contributed by atoms with E-state index in [9.17, 15) is 4.79 Å². The van der Waals surface area contributed by atoms with Crippen LogP contribution in [0.2, 0.25) is 0 Å². The van der Waals surface area contributed by atoms with Gasteiger partial charge in [-0.15, -0.1) is 0 Å². The second-order valence-electron chi connectivity index (χ2n) is 3.58. The number of aromatic nitrogens is 2. The fourth-order valence-corrected chi connectivity index (χ4v) is 1.55. The molecule has 0 radical (unpaired) electrons. The first-order valence-corrected chi connectivity index (χ1v) is 4.82. The van der Waals surface area contributed by atoms with Crippen molar-refractivity contribution in [3.63, 3.8) is 0 Å². The van der Waals surface area contributed by atoms with Crippen molar-refractivity contribution in [2.75, 3.05) is 0 Å². The molecule has 0 aliphatic carbocycles. The third-order valence-corrected chi connectivity index (χ3v) is 2.13. The second-order valence-corrected chi connectivity index (χ2v) is 3.58. The van der Waals surface area contributed by atoms with Gasteiger partial charge in [0.1, 0.15) is 5.82 Å². The van der Waals surface area contributed by atoms with E-state index < -0.39 is 5.97 Å². The van der Waals surface area contributed by atoms with Crippen LogP contribution >= 0.6 is 0 Å². The van der Waals surface area contributed by atoms with Crippen molar-refractivity contribution in [3.8, 4) is 0 Å². The number of rotatable bonds is 4. The highest BCUT2D eigenvalue weighted by Gasteiger charge is 2.13. The maximum absolute atomic E-state index is 10.6. The molecule has 78 valence electrons. The highest BCUT2D eigenvalue weighted by atomic mass is 16.4. The topological polar surface area (TPSA) is 55.1 Å². The lowest BCUT2D eigenvalue weighted by atomic mass is 10.2. The van der Waals surface area contributed by atoms with Crippen LogP contribution in [0.1, 0.15) is 38.2 Å². The maximum Gasteiger partial charge on any atom is 0.309 e. The van der Waals surface area contributed by atoms with Gasteiger partial charge in [0.25, 0.3) is 0 Å². The Morgan fingerprint density at radius 3 is 2.71 bits per heavy atom. The van der Waals surface area contributed by atoms with Gasteiger partial charge in [-0.3, -0.25) is 4.79 Å². The number of aliphatic carboxylic acids is 1. The molecule has 1 rings (SSSR count). The molecule has 0 spiro atoms. The van der Waals surface area contributed by atoms with E-state index >= 15 is 0 Å². The lowest BCUT2D eigenvalue weighted by Gasteiger charge is -2.10. The first-order chi connectivity index (χ1) is 6.56. The van der Waals surface area contributed by atoms with Crippen molar-refractivity contribution in [2.24, 2.45) is 0 Å². The standard InChI is InChI=1S/C10H16N2O2/c1-4-12-8(5-9(13)14)6-11-10(12)7(2)3/h6-7H,4-5H2,1-3H3,(H,13,14). The molecule has 0 saturated heterocycles. The van der Waals surface area contributed by atoms with E-state index in [4.69, 9.17) is 5.11 Å². The Bertz CT molecular complexity index is 329. The summed E-state index contributed by atoms with van der Waals surface area (Å²) in [5, 5.41) is 8.69. The average Bonchev–Trinajstić information content (AvgIpc) is 2.46. The van der Waals surface area contributed by atoms with Crippen LogP contribution in [0.5, 0.6) is 0 Å². The van der Waals surface area contributed by atoms with Gasteiger partial charge < -0.3 is 9.67 Å². The van der Waals surface area contributed by atoms with Crippen LogP contribution in [0.4, 0.5) is 0 Å². The third kappa shape index (κ3) is 2.13. The van der Waals surface area contributed by atoms with Crippen molar-refractivity contribution in [2.45, 2.75) is 39.7 Å². The summed E-state index contributed by atoms with van der Waals surface area (Å²) in [7, 11) is 0. The second kappa shape index (κ2) is 4.26. The SMILES string of the molecule is CCn1c(CC(=O)O)cnc1C(C)C. The number of carboxylic acids is 1. The number of nitrogens with zero attached hydrogens (tertiary/aromatic N) is 2. The highest BCUT2D eigenvalue weighted by Crippen LogP contribution is 2.15. The zero-order valence-electron chi connectivity index (χ0n) is 8.82. The van der Waals surface area contributed by atoms with Gasteiger partial charge in [-0.25, -0.2) is 4.98 Å². The summed E-state index contributed by atoms with van der Waals surface area (Å²) in [5.74, 6) is 0.483. The van der Waals surface area contributed by atoms with Crippen molar-refractivity contribution in [3.05, 3.63) is 17.7 Å². The molecule has 0 unspecified atom stereocenters. The Kier molecular flexibility index (Phi) is 3.28. The Balaban J connectivity index is 3.01. The zero-order valence-corrected chi connectivity index (χ0v) is 8.82. The molecule has 4 nitrogen and oxygen atoms in total. The van der Waals surface area contributed by atoms with Gasteiger partial charge in [0.15, 0.2) is 0 Å². The predicted octanol–water partition coefficient (Wildman–Crippen LogP) is 1.65. The first kappa shape index (κ1) is 10.8. The summed E-state index contributed by atoms with van der Waals surface area (Å²) >= 11 is 0. The number of hydrogen-bond acceptors (Lipinski definition) is 2. The van der Waals surface area contributed by atoms with Crippen LogP contribution in [-0.4, -0.2) is 20.6 Å². The van der Waals surface area contributed by atoms with Gasteiger partial charge in [-0.05, 0) is 6.92 Å². The summed E-state index contributed by atoms with van der Waals surface area (Å²) < 4.78 is 1.97. The third-order valence-electron chi connectivity index (χ3n) is 2.13. The van der Waals surface area contributed by atoms with E-state index in [1.165, 1.54) is 0 Å². The van der Waals surface area contributed by atoms with Gasteiger partial charge in [-0.1, -0.05) is 13.8 Å². The molecule has 1 aromatic heterocycles. The summed E-state index contributed by atoms with van der Waals surface area (Å²) in [6.45, 7) is 6.88. The number of carboxylic acid groups (broad SMARTS) is 1. The fourth-order valence-electron chi connectivity index (χ4n) is 1.55. The van der Waals surface area contributed by atoms with E-state index in [0.717, 1.165) is 18.1 Å². The summed E-state index contributed by atoms with van der Waals surface area (Å²) in [6.07, 6.45) is 1.71. The Morgan fingerprint density at radius 2 is 2.29 bits per heavy atom. The number of carbonyl (C=O) groups is 1. The molecule has 1 heterocycles. The van der Waals surface area contributed by atoms with Gasteiger partial charge in [0.05, 0.1) is 6.42 Å². The van der Waals surface area contributed by atoms with Crippen LogP contribution in [0.3, 0.4) is 0 Å². The van der Waals surface area contributed by atoms with Crippen molar-refractivity contribution in [1.82, 2.24) is 9.55 Å².